The second-order valence-corrected chi connectivity index (χ2v) is 7.68. The van der Waals surface area contributed by atoms with Gasteiger partial charge in [-0.25, -0.2) is 18.5 Å². The van der Waals surface area contributed by atoms with Crippen molar-refractivity contribution in [2.45, 2.75) is 6.10 Å². The topological polar surface area (TPSA) is 101 Å². The average Bonchev–Trinajstić information content (AvgIpc) is 3.47. The Bertz CT molecular complexity index is 1030. The molecule has 10 heteroatoms. The van der Waals surface area contributed by atoms with Crippen LogP contribution in [-0.2, 0) is 9.53 Å². The number of amides is 3. The number of carbonyl (C=O) groups excluding carboxylic acids is 3. The molecular formula is C22H24FN4O5+. The predicted octanol–water partition coefficient (Wildman–Crippen LogP) is 1.80. The Morgan fingerprint density at radius 2 is 2.09 bits per heavy atom. The third-order valence-corrected chi connectivity index (χ3v) is 5.79. The zero-order valence-electron chi connectivity index (χ0n) is 17.4. The van der Waals surface area contributed by atoms with Gasteiger partial charge in [-0.1, -0.05) is 6.58 Å². The van der Waals surface area contributed by atoms with E-state index < -0.39 is 18.0 Å². The number of nitrogens with zero attached hydrogens (tertiary/aromatic N) is 2. The lowest BCUT2D eigenvalue weighted by atomic mass is 10.1. The highest BCUT2D eigenvalue weighted by molar-refractivity contribution is 5.97. The van der Waals surface area contributed by atoms with Crippen LogP contribution in [0.3, 0.4) is 0 Å². The van der Waals surface area contributed by atoms with E-state index in [2.05, 4.69) is 17.2 Å². The largest absolute Gasteiger partial charge is 0.472 e. The molecule has 4 rings (SSSR count). The van der Waals surface area contributed by atoms with Gasteiger partial charge < -0.3 is 19.8 Å². The zero-order chi connectivity index (χ0) is 22.7. The van der Waals surface area contributed by atoms with Crippen LogP contribution in [0.15, 0.2) is 53.9 Å². The van der Waals surface area contributed by atoms with Crippen LogP contribution < -0.4 is 20.0 Å². The number of quaternary nitrogens is 1. The number of hydrogen-bond donors (Lipinski definition) is 2. The minimum absolute atomic E-state index is 0.105. The highest BCUT2D eigenvalue weighted by Gasteiger charge is 2.41. The number of rotatable bonds is 6. The Hall–Kier alpha value is -3.50. The van der Waals surface area contributed by atoms with E-state index >= 15 is 4.39 Å². The molecule has 1 aromatic heterocycles. The lowest BCUT2D eigenvalue weighted by molar-refractivity contribution is -0.126. The molecule has 0 bridgehead atoms. The fraction of sp³-hybridized carbons (Fsp3) is 0.318. The molecule has 9 nitrogen and oxygen atoms in total. The van der Waals surface area contributed by atoms with Gasteiger partial charge in [0.15, 0.2) is 11.5 Å². The van der Waals surface area contributed by atoms with Crippen molar-refractivity contribution in [2.24, 2.45) is 0 Å². The summed E-state index contributed by atoms with van der Waals surface area (Å²) in [4.78, 5) is 38.3. The first-order chi connectivity index (χ1) is 15.4. The zero-order valence-corrected chi connectivity index (χ0v) is 17.4. The lowest BCUT2D eigenvalue weighted by Crippen LogP contribution is -2.63. The number of anilines is 1. The number of halogens is 1. The molecule has 168 valence electrons. The molecule has 3 heterocycles. The van der Waals surface area contributed by atoms with E-state index in [1.54, 1.807) is 12.1 Å². The second kappa shape index (κ2) is 8.93. The number of cyclic esters (lactones) is 1. The molecule has 2 aliphatic heterocycles. The van der Waals surface area contributed by atoms with E-state index in [0.717, 1.165) is 0 Å². The van der Waals surface area contributed by atoms with Crippen molar-refractivity contribution in [3.63, 3.8) is 0 Å². The molecule has 2 N–H and O–H groups in total. The van der Waals surface area contributed by atoms with Crippen LogP contribution in [0.5, 0.6) is 0 Å². The molecule has 0 radical (unpaired) electrons. The molecule has 2 aromatic rings. The number of ether oxygens (including phenoxy) is 1. The van der Waals surface area contributed by atoms with Gasteiger partial charge >= 0.3 is 12.0 Å². The van der Waals surface area contributed by atoms with Crippen LogP contribution >= 0.6 is 0 Å². The molecule has 0 saturated carbocycles. The maximum atomic E-state index is 15.2. The maximum Gasteiger partial charge on any atom is 0.414 e. The van der Waals surface area contributed by atoms with Crippen molar-refractivity contribution in [1.29, 1.82) is 0 Å². The summed E-state index contributed by atoms with van der Waals surface area (Å²) in [5, 5.41) is 5.85. The second-order valence-electron chi connectivity index (χ2n) is 7.68. The van der Waals surface area contributed by atoms with E-state index in [1.807, 2.05) is 0 Å². The van der Waals surface area contributed by atoms with Gasteiger partial charge in [-0.15, -0.1) is 0 Å². The van der Waals surface area contributed by atoms with Crippen LogP contribution in [0.2, 0.25) is 0 Å². The Morgan fingerprint density at radius 3 is 2.75 bits per heavy atom. The van der Waals surface area contributed by atoms with Crippen molar-refractivity contribution in [2.75, 3.05) is 44.2 Å². The molecule has 2 aliphatic rings. The van der Waals surface area contributed by atoms with Gasteiger partial charge in [0.2, 0.25) is 0 Å². The highest BCUT2D eigenvalue weighted by atomic mass is 19.1. The van der Waals surface area contributed by atoms with Crippen molar-refractivity contribution < 1.29 is 27.9 Å². The first kappa shape index (κ1) is 21.7. The van der Waals surface area contributed by atoms with Crippen LogP contribution in [0.4, 0.5) is 20.6 Å². The van der Waals surface area contributed by atoms with Gasteiger partial charge in [-0.3, -0.25) is 9.69 Å². The summed E-state index contributed by atoms with van der Waals surface area (Å²) >= 11 is 0. The van der Waals surface area contributed by atoms with E-state index in [4.69, 9.17) is 9.15 Å². The van der Waals surface area contributed by atoms with Gasteiger partial charge in [-0.05, 0) is 12.1 Å². The lowest BCUT2D eigenvalue weighted by Gasteiger charge is -2.38. The minimum Gasteiger partial charge on any atom is -0.472 e. The summed E-state index contributed by atoms with van der Waals surface area (Å²) in [6.07, 6.45) is 2.71. The number of nitrogens with one attached hydrogen (secondary N) is 2. The molecule has 2 saturated heterocycles. The van der Waals surface area contributed by atoms with Gasteiger partial charge in [-0.2, -0.15) is 0 Å². The molecule has 0 unspecified atom stereocenters. The van der Waals surface area contributed by atoms with Crippen molar-refractivity contribution >= 4 is 29.3 Å². The molecule has 1 aromatic carbocycles. The number of benzene rings is 1. The van der Waals surface area contributed by atoms with E-state index in [-0.39, 0.29) is 35.1 Å². The van der Waals surface area contributed by atoms with Gasteiger partial charge in [0, 0.05) is 31.3 Å². The summed E-state index contributed by atoms with van der Waals surface area (Å²) in [6, 6.07) is 5.90. The third-order valence-electron chi connectivity index (χ3n) is 5.79. The van der Waals surface area contributed by atoms with E-state index in [9.17, 15) is 14.4 Å². The predicted molar refractivity (Wildman–Crippen MR) is 115 cm³/mol. The first-order valence-corrected chi connectivity index (χ1v) is 10.3. The average molecular weight is 443 g/mol. The Kier molecular flexibility index (Phi) is 6.06. The molecule has 3 amide bonds. The summed E-state index contributed by atoms with van der Waals surface area (Å²) in [7, 11) is 0. The maximum absolute atomic E-state index is 15.2. The molecule has 0 aliphatic carbocycles. The van der Waals surface area contributed by atoms with Crippen molar-refractivity contribution in [3.8, 4) is 0 Å². The van der Waals surface area contributed by atoms with Gasteiger partial charge in [0.1, 0.15) is 25.5 Å². The van der Waals surface area contributed by atoms with Crippen molar-refractivity contribution in [1.82, 2.24) is 15.1 Å². The molecular weight excluding hydrogens is 419 g/mol. The Balaban J connectivity index is 1.47. The summed E-state index contributed by atoms with van der Waals surface area (Å²) in [6.45, 7) is 5.79. The van der Waals surface area contributed by atoms with Crippen molar-refractivity contribution in [3.05, 3.63) is 60.8 Å². The van der Waals surface area contributed by atoms with E-state index in [1.165, 1.54) is 35.6 Å². The van der Waals surface area contributed by atoms with Crippen LogP contribution in [0.1, 0.15) is 10.4 Å². The number of carbonyl (C=O) groups is 3. The first-order valence-electron chi connectivity index (χ1n) is 10.3. The highest BCUT2D eigenvalue weighted by Crippen LogP contribution is 2.32. The normalized spacial score (nSPS) is 20.0. The van der Waals surface area contributed by atoms with Crippen LogP contribution in [-0.4, -0.2) is 63.3 Å². The molecule has 2 fully saturated rings. The Morgan fingerprint density at radius 1 is 1.31 bits per heavy atom. The SMILES string of the molecule is C=CC(=O)[N+]1(c2ccc(N3C[C@H](CNC(=O)c4ccoc4)OC3=O)cc2F)CCNCC1. The van der Waals surface area contributed by atoms with Crippen LogP contribution in [0.25, 0.3) is 0 Å². The molecule has 0 spiro atoms. The number of piperazine rings is 1. The summed E-state index contributed by atoms with van der Waals surface area (Å²) in [5.74, 6) is -1.20. The smallest absolute Gasteiger partial charge is 0.414 e. The molecule has 1 atom stereocenters. The fourth-order valence-corrected chi connectivity index (χ4v) is 4.08. The number of furan rings is 1. The summed E-state index contributed by atoms with van der Waals surface area (Å²) < 4.78 is 25.2. The van der Waals surface area contributed by atoms with Gasteiger partial charge in [0.05, 0.1) is 30.6 Å². The Labute approximate surface area is 184 Å². The van der Waals surface area contributed by atoms with E-state index in [0.29, 0.717) is 37.4 Å². The fourth-order valence-electron chi connectivity index (χ4n) is 4.08. The van der Waals surface area contributed by atoms with Crippen LogP contribution in [0, 0.1) is 5.82 Å². The molecule has 32 heavy (non-hydrogen) atoms. The quantitative estimate of drug-likeness (QED) is 0.522. The monoisotopic (exact) mass is 443 g/mol. The minimum atomic E-state index is -0.632. The standard InChI is InChI=1S/C22H23FN4O5/c1-2-20(28)27(8-6-24-7-9-27)19-4-3-16(11-18(19)23)26-13-17(32-22(26)30)12-25-21(29)15-5-10-31-14-15/h2-5,10-11,14,17,24H,1,6-9,12-13H2/p+1/t17-/m0/s1. The third kappa shape index (κ3) is 4.02. The number of hydrogen-bond acceptors (Lipinski definition) is 6. The summed E-state index contributed by atoms with van der Waals surface area (Å²) in [5.41, 5.74) is 0.929. The van der Waals surface area contributed by atoms with Gasteiger partial charge in [0.25, 0.3) is 5.91 Å².